The van der Waals surface area contributed by atoms with E-state index in [0.717, 1.165) is 11.3 Å². The second kappa shape index (κ2) is 10.1. The van der Waals surface area contributed by atoms with Gasteiger partial charge in [0.15, 0.2) is 11.5 Å². The van der Waals surface area contributed by atoms with Crippen molar-refractivity contribution < 1.29 is 28.5 Å². The molecule has 1 aromatic heterocycles. The number of carbonyl (C=O) groups is 2. The van der Waals surface area contributed by atoms with Gasteiger partial charge in [-0.1, -0.05) is 12.7 Å². The molecule has 0 saturated heterocycles. The van der Waals surface area contributed by atoms with Gasteiger partial charge in [0.2, 0.25) is 0 Å². The summed E-state index contributed by atoms with van der Waals surface area (Å²) in [5.41, 5.74) is 6.34. The summed E-state index contributed by atoms with van der Waals surface area (Å²) in [6.45, 7) is 5.38. The predicted octanol–water partition coefficient (Wildman–Crippen LogP) is 3.31. The third kappa shape index (κ3) is 5.06. The van der Waals surface area contributed by atoms with Crippen LogP contribution in [0.15, 0.2) is 30.9 Å². The summed E-state index contributed by atoms with van der Waals surface area (Å²) in [5.74, 6) is -0.485. The molecular weight excluding hydrogens is 396 g/mol. The van der Waals surface area contributed by atoms with Gasteiger partial charge in [-0.05, 0) is 25.1 Å². The zero-order chi connectivity index (χ0) is 21.4. The number of methoxy groups -OCH3 is 1. The summed E-state index contributed by atoms with van der Waals surface area (Å²) >= 11 is 0.922. The lowest BCUT2D eigenvalue weighted by Gasteiger charge is -2.11. The lowest BCUT2D eigenvalue weighted by atomic mass is 10.1. The van der Waals surface area contributed by atoms with Crippen molar-refractivity contribution in [3.05, 3.63) is 52.4 Å². The van der Waals surface area contributed by atoms with E-state index in [0.29, 0.717) is 11.5 Å². The highest BCUT2D eigenvalue weighted by Gasteiger charge is 2.24. The van der Waals surface area contributed by atoms with Crippen LogP contribution in [-0.2, 0) is 16.1 Å². The Hall–Kier alpha value is -3.51. The Morgan fingerprint density at radius 3 is 2.66 bits per heavy atom. The predicted molar refractivity (Wildman–Crippen MR) is 107 cm³/mol. The number of hydrogen-bond donors (Lipinski definition) is 1. The van der Waals surface area contributed by atoms with Crippen molar-refractivity contribution in [2.45, 2.75) is 13.5 Å². The molecule has 0 radical (unpaired) electrons. The van der Waals surface area contributed by atoms with Gasteiger partial charge in [-0.2, -0.15) is 5.26 Å². The largest absolute Gasteiger partial charge is 0.493 e. The number of hydrogen-bond acceptors (Lipinski definition) is 9. The summed E-state index contributed by atoms with van der Waals surface area (Å²) in [5, 5.41) is 9.48. The molecule has 1 heterocycles. The molecule has 0 amide bonds. The molecule has 0 spiro atoms. The Labute approximate surface area is 172 Å². The van der Waals surface area contributed by atoms with Gasteiger partial charge >= 0.3 is 11.9 Å². The first-order valence-corrected chi connectivity index (χ1v) is 9.35. The molecular formula is C20H20N2O6S. The van der Waals surface area contributed by atoms with Crippen LogP contribution in [0, 0.1) is 11.3 Å². The molecule has 2 rings (SSSR count). The van der Waals surface area contributed by atoms with Gasteiger partial charge in [0.1, 0.15) is 29.2 Å². The minimum absolute atomic E-state index is 0.0941. The molecule has 0 aliphatic rings. The third-order valence-corrected chi connectivity index (χ3v) is 4.75. The fourth-order valence-corrected chi connectivity index (χ4v) is 3.31. The summed E-state index contributed by atoms with van der Waals surface area (Å²) in [4.78, 5) is 24.7. The number of rotatable bonds is 9. The molecule has 2 N–H and O–H groups in total. The fourth-order valence-electron chi connectivity index (χ4n) is 2.39. The number of thiophene rings is 1. The maximum Gasteiger partial charge on any atom is 0.348 e. The maximum absolute atomic E-state index is 12.5. The molecule has 0 aliphatic heterocycles. The summed E-state index contributed by atoms with van der Waals surface area (Å²) in [7, 11) is 1.45. The quantitative estimate of drug-likeness (QED) is 0.488. The first-order valence-electron chi connectivity index (χ1n) is 8.53. The van der Waals surface area contributed by atoms with E-state index in [-0.39, 0.29) is 46.4 Å². The van der Waals surface area contributed by atoms with E-state index in [9.17, 15) is 14.9 Å². The van der Waals surface area contributed by atoms with Crippen LogP contribution in [0.25, 0.3) is 0 Å². The number of ether oxygens (including phenoxy) is 4. The second-order valence-electron chi connectivity index (χ2n) is 5.52. The van der Waals surface area contributed by atoms with Crippen molar-refractivity contribution in [1.29, 1.82) is 5.26 Å². The number of nitrogen functional groups attached to an aromatic ring is 1. The van der Waals surface area contributed by atoms with Crippen LogP contribution >= 0.6 is 11.3 Å². The van der Waals surface area contributed by atoms with E-state index < -0.39 is 11.9 Å². The van der Waals surface area contributed by atoms with Crippen LogP contribution in [0.3, 0.4) is 0 Å². The summed E-state index contributed by atoms with van der Waals surface area (Å²) < 4.78 is 20.9. The lowest BCUT2D eigenvalue weighted by molar-refractivity contribution is 0.0452. The SMILES string of the molecule is C=CCOc1ccc(C(=O)OCc2c(C(=O)OCC)sc(N)c2C#N)cc1OC. The van der Waals surface area contributed by atoms with Crippen molar-refractivity contribution in [3.63, 3.8) is 0 Å². The van der Waals surface area contributed by atoms with E-state index in [4.69, 9.17) is 24.7 Å². The monoisotopic (exact) mass is 416 g/mol. The maximum atomic E-state index is 12.5. The van der Waals surface area contributed by atoms with Gasteiger partial charge < -0.3 is 24.7 Å². The summed E-state index contributed by atoms with van der Waals surface area (Å²) in [6, 6.07) is 6.50. The summed E-state index contributed by atoms with van der Waals surface area (Å²) in [6.07, 6.45) is 1.59. The van der Waals surface area contributed by atoms with Gasteiger partial charge in [0.25, 0.3) is 0 Å². The van der Waals surface area contributed by atoms with Crippen molar-refractivity contribution in [2.24, 2.45) is 0 Å². The van der Waals surface area contributed by atoms with Gasteiger partial charge in [0.05, 0.1) is 24.8 Å². The molecule has 1 aromatic carbocycles. The van der Waals surface area contributed by atoms with E-state index in [1.54, 1.807) is 19.1 Å². The van der Waals surface area contributed by atoms with Crippen molar-refractivity contribution in [1.82, 2.24) is 0 Å². The first-order chi connectivity index (χ1) is 14.0. The van der Waals surface area contributed by atoms with E-state index in [1.807, 2.05) is 6.07 Å². The molecule has 0 saturated carbocycles. The molecule has 0 fully saturated rings. The van der Waals surface area contributed by atoms with Gasteiger partial charge in [0, 0.05) is 5.56 Å². The Kier molecular flexibility index (Phi) is 7.62. The number of nitrogens with two attached hydrogens (primary N) is 1. The number of benzene rings is 1. The fraction of sp³-hybridized carbons (Fsp3) is 0.250. The van der Waals surface area contributed by atoms with Crippen LogP contribution in [0.4, 0.5) is 5.00 Å². The number of nitrogens with zero attached hydrogens (tertiary/aromatic N) is 1. The average molecular weight is 416 g/mol. The highest BCUT2D eigenvalue weighted by molar-refractivity contribution is 7.18. The number of anilines is 1. The molecule has 0 atom stereocenters. The number of carbonyl (C=O) groups excluding carboxylic acids is 2. The number of nitriles is 1. The van der Waals surface area contributed by atoms with Crippen LogP contribution in [0.1, 0.15) is 38.1 Å². The molecule has 8 nitrogen and oxygen atoms in total. The van der Waals surface area contributed by atoms with Crippen LogP contribution < -0.4 is 15.2 Å². The van der Waals surface area contributed by atoms with Crippen LogP contribution in [0.2, 0.25) is 0 Å². The topological polar surface area (TPSA) is 121 Å². The van der Waals surface area contributed by atoms with Gasteiger partial charge in [-0.15, -0.1) is 11.3 Å². The highest BCUT2D eigenvalue weighted by Crippen LogP contribution is 2.32. The average Bonchev–Trinajstić information content (AvgIpc) is 3.05. The molecule has 0 unspecified atom stereocenters. The van der Waals surface area contributed by atoms with Crippen molar-refractivity contribution in [2.75, 3.05) is 26.1 Å². The first kappa shape index (κ1) is 21.8. The van der Waals surface area contributed by atoms with Gasteiger partial charge in [-0.25, -0.2) is 9.59 Å². The minimum atomic E-state index is -0.665. The molecule has 0 aliphatic carbocycles. The molecule has 9 heteroatoms. The van der Waals surface area contributed by atoms with E-state index in [2.05, 4.69) is 6.58 Å². The van der Waals surface area contributed by atoms with Crippen molar-refractivity contribution >= 4 is 28.3 Å². The zero-order valence-corrected chi connectivity index (χ0v) is 16.8. The standard InChI is InChI=1S/C20H20N2O6S/c1-4-8-27-15-7-6-12(9-16(15)25-3)19(23)28-11-14-13(10-21)18(22)29-17(14)20(24)26-5-2/h4,6-7,9H,1,5,8,11,22H2,2-3H3. The second-order valence-corrected chi connectivity index (χ2v) is 6.57. The Morgan fingerprint density at radius 1 is 1.28 bits per heavy atom. The van der Waals surface area contributed by atoms with E-state index >= 15 is 0 Å². The van der Waals surface area contributed by atoms with E-state index in [1.165, 1.54) is 19.2 Å². The molecule has 2 aromatic rings. The van der Waals surface area contributed by atoms with Crippen molar-refractivity contribution in [3.8, 4) is 17.6 Å². The number of esters is 2. The normalized spacial score (nSPS) is 9.97. The molecule has 152 valence electrons. The smallest absolute Gasteiger partial charge is 0.348 e. The highest BCUT2D eigenvalue weighted by atomic mass is 32.1. The molecule has 29 heavy (non-hydrogen) atoms. The zero-order valence-electron chi connectivity index (χ0n) is 16.0. The Balaban J connectivity index is 2.22. The van der Waals surface area contributed by atoms with Crippen LogP contribution in [0.5, 0.6) is 11.5 Å². The minimum Gasteiger partial charge on any atom is -0.493 e. The lowest BCUT2D eigenvalue weighted by Crippen LogP contribution is -2.10. The van der Waals surface area contributed by atoms with Gasteiger partial charge in [-0.3, -0.25) is 0 Å². The Bertz CT molecular complexity index is 961. The third-order valence-electron chi connectivity index (χ3n) is 3.71. The Morgan fingerprint density at radius 2 is 2.03 bits per heavy atom. The van der Waals surface area contributed by atoms with Crippen LogP contribution in [-0.4, -0.2) is 32.3 Å². The molecule has 0 bridgehead atoms.